The second-order valence-electron chi connectivity index (χ2n) is 14.8. The lowest BCUT2D eigenvalue weighted by Gasteiger charge is -2.27. The van der Waals surface area contributed by atoms with Gasteiger partial charge in [-0.05, 0) is 61.1 Å². The van der Waals surface area contributed by atoms with E-state index in [0.29, 0.717) is 0 Å². The third-order valence-corrected chi connectivity index (χ3v) is 10.5. The molecular weight excluding hydrogens is 682 g/mol. The number of nitrogens with one attached hydrogen (secondary N) is 2. The predicted octanol–water partition coefficient (Wildman–Crippen LogP) is 6.82. The molecule has 0 fully saturated rings. The Morgan fingerprint density at radius 1 is 0.574 bits per heavy atom. The molecule has 2 aliphatic heterocycles. The monoisotopic (exact) mass is 729 g/mol. The molecule has 6 aromatic carbocycles. The van der Waals surface area contributed by atoms with Crippen LogP contribution in [-0.2, 0) is 13.1 Å². The lowest BCUT2D eigenvalue weighted by atomic mass is 9.92. The van der Waals surface area contributed by atoms with Gasteiger partial charge in [-0.25, -0.2) is 19.8 Å². The molecule has 2 N–H and O–H groups in total. The minimum absolute atomic E-state index is 0. The van der Waals surface area contributed by atoms with Crippen LogP contribution in [0.3, 0.4) is 0 Å². The normalized spacial score (nSPS) is 19.3. The molecule has 2 heterocycles. The minimum Gasteiger partial charge on any atom is -1.00 e. The van der Waals surface area contributed by atoms with Gasteiger partial charge in [0.2, 0.25) is 0 Å². The van der Waals surface area contributed by atoms with Crippen molar-refractivity contribution in [2.45, 2.75) is 65.0 Å². The first-order chi connectivity index (χ1) is 25.9. The molecule has 0 spiro atoms. The van der Waals surface area contributed by atoms with Crippen LogP contribution < -0.4 is 23.0 Å². The lowest BCUT2D eigenvalue weighted by molar-refractivity contribution is -0.583. The van der Waals surface area contributed by atoms with E-state index in [1.165, 1.54) is 55.6 Å². The first-order valence-electron chi connectivity index (χ1n) is 18.8. The molecule has 8 rings (SSSR count). The van der Waals surface area contributed by atoms with Crippen molar-refractivity contribution in [3.8, 4) is 0 Å². The van der Waals surface area contributed by atoms with E-state index in [9.17, 15) is 0 Å². The summed E-state index contributed by atoms with van der Waals surface area (Å²) in [6, 6.07) is 57.2. The van der Waals surface area contributed by atoms with Crippen LogP contribution in [0.1, 0.15) is 79.8 Å². The van der Waals surface area contributed by atoms with E-state index >= 15 is 0 Å². The minimum atomic E-state index is -0.0845. The van der Waals surface area contributed by atoms with Crippen LogP contribution in [0.4, 0.5) is 0 Å². The van der Waals surface area contributed by atoms with Crippen molar-refractivity contribution in [2.24, 2.45) is 4.99 Å². The van der Waals surface area contributed by atoms with Crippen molar-refractivity contribution in [2.75, 3.05) is 0 Å². The molecule has 0 bridgehead atoms. The van der Waals surface area contributed by atoms with E-state index in [2.05, 4.69) is 206 Å². The molecule has 6 aromatic rings. The summed E-state index contributed by atoms with van der Waals surface area (Å²) < 4.78 is 2.58. The van der Waals surface area contributed by atoms with Crippen LogP contribution in [0.15, 0.2) is 163 Å². The summed E-state index contributed by atoms with van der Waals surface area (Å²) in [4.78, 5) is 8.02. The number of hydrogen-bond donors (Lipinski definition) is 2. The van der Waals surface area contributed by atoms with Crippen molar-refractivity contribution in [3.63, 3.8) is 0 Å². The summed E-state index contributed by atoms with van der Waals surface area (Å²) in [6.07, 6.45) is 0. The third-order valence-electron chi connectivity index (χ3n) is 10.5. The fourth-order valence-electron chi connectivity index (χ4n) is 8.49. The predicted molar refractivity (Wildman–Crippen MR) is 217 cm³/mol. The molecule has 5 nitrogen and oxygen atoms in total. The van der Waals surface area contributed by atoms with Gasteiger partial charge in [0.1, 0.15) is 18.1 Å². The molecule has 4 atom stereocenters. The number of rotatable bonds is 8. The van der Waals surface area contributed by atoms with Gasteiger partial charge in [0, 0.05) is 0 Å². The number of benzene rings is 6. The standard InChI is InChI=1S/C48H47N5.ClH/c1-33-25-34(2)28-37(27-33)31-52-45(41-21-13-7-14-22-41)46(42-23-15-8-16-24-42)53(32-38-29-35(3)26-36(4)30-38)48(52)51-47-49-43(39-17-9-5-10-18-39)44(50-47)40-19-11-6-12-20-40;/h5-30,43-46H,31-32H2,1-4H3,(H,49,50);1H/t43-,44-,45-,46-;/m0./s1. The third kappa shape index (κ3) is 7.83. The van der Waals surface area contributed by atoms with Gasteiger partial charge in [-0.2, -0.15) is 0 Å². The van der Waals surface area contributed by atoms with E-state index in [1.807, 2.05) is 0 Å². The zero-order valence-electron chi connectivity index (χ0n) is 31.5. The Bertz CT molecular complexity index is 2210. The number of guanidine groups is 2. The maximum atomic E-state index is 5.43. The second-order valence-corrected chi connectivity index (χ2v) is 14.8. The molecule has 0 saturated carbocycles. The number of aryl methyl sites for hydroxylation is 4. The van der Waals surface area contributed by atoms with Gasteiger partial charge < -0.3 is 17.7 Å². The number of nitrogens with zero attached hydrogens (tertiary/aromatic N) is 3. The Balaban J connectivity index is 0.00000450. The van der Waals surface area contributed by atoms with Gasteiger partial charge in [-0.15, -0.1) is 0 Å². The number of halogens is 1. The summed E-state index contributed by atoms with van der Waals surface area (Å²) >= 11 is 0. The zero-order chi connectivity index (χ0) is 36.3. The maximum absolute atomic E-state index is 5.43. The van der Waals surface area contributed by atoms with Crippen LogP contribution in [0.5, 0.6) is 0 Å². The Hall–Kier alpha value is -5.65. The average molecular weight is 730 g/mol. The summed E-state index contributed by atoms with van der Waals surface area (Å²) in [5.74, 6) is 1.82. The fourth-order valence-corrected chi connectivity index (χ4v) is 8.49. The van der Waals surface area contributed by atoms with Crippen LogP contribution in [-0.4, -0.2) is 21.4 Å². The van der Waals surface area contributed by atoms with Crippen LogP contribution in [0.25, 0.3) is 0 Å². The Morgan fingerprint density at radius 3 is 1.57 bits per heavy atom. The van der Waals surface area contributed by atoms with Gasteiger partial charge in [-0.3, -0.25) is 0 Å². The van der Waals surface area contributed by atoms with E-state index in [-0.39, 0.29) is 36.6 Å². The summed E-state index contributed by atoms with van der Waals surface area (Å²) in [5.41, 5.74) is 12.6. The van der Waals surface area contributed by atoms with E-state index in [4.69, 9.17) is 4.99 Å². The zero-order valence-corrected chi connectivity index (χ0v) is 32.2. The molecule has 6 heteroatoms. The summed E-state index contributed by atoms with van der Waals surface area (Å²) in [5, 5.41) is 7.85. The number of hydrogen-bond acceptors (Lipinski definition) is 4. The van der Waals surface area contributed by atoms with Crippen molar-refractivity contribution >= 4 is 11.9 Å². The van der Waals surface area contributed by atoms with Crippen molar-refractivity contribution in [1.29, 1.82) is 0 Å². The van der Waals surface area contributed by atoms with E-state index in [0.717, 1.165) is 25.0 Å². The topological polar surface area (TPSA) is 42.7 Å². The summed E-state index contributed by atoms with van der Waals surface area (Å²) in [7, 11) is 0. The van der Waals surface area contributed by atoms with Crippen molar-refractivity contribution in [3.05, 3.63) is 213 Å². The van der Waals surface area contributed by atoms with Crippen molar-refractivity contribution in [1.82, 2.24) is 15.5 Å². The fraction of sp³-hybridized carbons (Fsp3) is 0.208. The molecule has 0 aromatic heterocycles. The highest BCUT2D eigenvalue weighted by molar-refractivity contribution is 5.98. The number of aliphatic imine (C=N–C) groups is 1. The SMILES string of the molecule is Cc1cc(C)cc(CN2C(NC3=N[C@@H](c4ccccc4)[C@H](c4ccccc4)N3)=[N+](Cc3cc(C)cc(C)c3)[C@@H](c3ccccc3)[C@@H]2c2ccccc2)c1.[Cl-]. The largest absolute Gasteiger partial charge is 1.00 e. The second kappa shape index (κ2) is 16.2. The quantitative estimate of drug-likeness (QED) is 0.169. The van der Waals surface area contributed by atoms with Gasteiger partial charge in [-0.1, -0.05) is 180 Å². The maximum Gasteiger partial charge on any atom is 0.357 e. The Kier molecular flexibility index (Phi) is 11.0. The van der Waals surface area contributed by atoms with Gasteiger partial charge >= 0.3 is 5.96 Å². The Morgan fingerprint density at radius 2 is 1.04 bits per heavy atom. The van der Waals surface area contributed by atoms with Crippen LogP contribution in [0.2, 0.25) is 0 Å². The molecule has 2 aliphatic rings. The molecule has 0 aliphatic carbocycles. The summed E-state index contributed by atoms with van der Waals surface area (Å²) in [6.45, 7) is 10.2. The molecule has 0 radical (unpaired) electrons. The lowest BCUT2D eigenvalue weighted by Crippen LogP contribution is -3.00. The highest BCUT2D eigenvalue weighted by Gasteiger charge is 2.49. The Labute approximate surface area is 326 Å². The first-order valence-corrected chi connectivity index (χ1v) is 18.8. The van der Waals surface area contributed by atoms with Gasteiger partial charge in [0.05, 0.1) is 19.1 Å². The molecule has 0 unspecified atom stereocenters. The van der Waals surface area contributed by atoms with E-state index < -0.39 is 0 Å². The molecule has 54 heavy (non-hydrogen) atoms. The highest BCUT2D eigenvalue weighted by Crippen LogP contribution is 2.43. The average Bonchev–Trinajstić information content (AvgIpc) is 3.71. The molecule has 0 amide bonds. The highest BCUT2D eigenvalue weighted by atomic mass is 35.5. The van der Waals surface area contributed by atoms with Crippen molar-refractivity contribution < 1.29 is 17.0 Å². The first kappa shape index (κ1) is 36.7. The molecule has 272 valence electrons. The van der Waals surface area contributed by atoms with Crippen LogP contribution >= 0.6 is 0 Å². The molecule has 0 saturated heterocycles. The van der Waals surface area contributed by atoms with Gasteiger partial charge in [0.15, 0.2) is 0 Å². The van der Waals surface area contributed by atoms with Gasteiger partial charge in [0.25, 0.3) is 5.96 Å². The molecular formula is C48H48ClN5. The van der Waals surface area contributed by atoms with E-state index in [1.54, 1.807) is 0 Å². The smallest absolute Gasteiger partial charge is 0.357 e. The van der Waals surface area contributed by atoms with Crippen LogP contribution in [0, 0.1) is 27.7 Å².